The Balaban J connectivity index is 1.69. The lowest BCUT2D eigenvalue weighted by Crippen LogP contribution is -2.26. The quantitative estimate of drug-likeness (QED) is 0.903. The van der Waals surface area contributed by atoms with Crippen LogP contribution in [0.3, 0.4) is 0 Å². The van der Waals surface area contributed by atoms with Gasteiger partial charge in [0.15, 0.2) is 0 Å². The summed E-state index contributed by atoms with van der Waals surface area (Å²) in [6, 6.07) is 8.05. The van der Waals surface area contributed by atoms with Gasteiger partial charge in [-0.15, -0.1) is 0 Å². The van der Waals surface area contributed by atoms with Crippen molar-refractivity contribution in [3.05, 3.63) is 46.8 Å². The second-order valence-corrected chi connectivity index (χ2v) is 5.49. The minimum absolute atomic E-state index is 0.160. The summed E-state index contributed by atoms with van der Waals surface area (Å²) in [5.74, 6) is 0.437. The molecule has 0 bridgehead atoms. The van der Waals surface area contributed by atoms with Gasteiger partial charge < -0.3 is 10.6 Å². The molecule has 2 aromatic rings. The van der Waals surface area contributed by atoms with Crippen LogP contribution in [0.5, 0.6) is 0 Å². The Labute approximate surface area is 125 Å². The number of para-hydroxylation sites is 1. The number of halogens is 1. The van der Waals surface area contributed by atoms with Gasteiger partial charge in [-0.05, 0) is 40.9 Å². The fraction of sp³-hybridized carbons (Fsp3) is 0.214. The number of nitrogens with one attached hydrogen (secondary N) is 2. The Kier molecular flexibility index (Phi) is 3.64. The van der Waals surface area contributed by atoms with E-state index < -0.39 is 0 Å². The van der Waals surface area contributed by atoms with Crippen molar-refractivity contribution >= 4 is 33.3 Å². The maximum absolute atomic E-state index is 11.8. The van der Waals surface area contributed by atoms with E-state index in [1.165, 1.54) is 6.20 Å². The highest BCUT2D eigenvalue weighted by Crippen LogP contribution is 2.24. The van der Waals surface area contributed by atoms with Gasteiger partial charge in [-0.1, -0.05) is 12.1 Å². The number of hydrogen-bond donors (Lipinski definition) is 2. The van der Waals surface area contributed by atoms with Crippen molar-refractivity contribution in [1.29, 1.82) is 0 Å². The van der Waals surface area contributed by atoms with Gasteiger partial charge in [-0.3, -0.25) is 4.79 Å². The minimum Gasteiger partial charge on any atom is -0.348 e. The topological polar surface area (TPSA) is 66.9 Å². The summed E-state index contributed by atoms with van der Waals surface area (Å²) in [6.45, 7) is 0. The summed E-state index contributed by atoms with van der Waals surface area (Å²) in [4.78, 5) is 20.1. The molecule has 1 fully saturated rings. The van der Waals surface area contributed by atoms with Crippen LogP contribution >= 0.6 is 15.9 Å². The Hall–Kier alpha value is -1.95. The van der Waals surface area contributed by atoms with E-state index in [0.717, 1.165) is 23.0 Å². The van der Waals surface area contributed by atoms with Crippen LogP contribution in [-0.2, 0) is 0 Å². The molecule has 1 amide bonds. The van der Waals surface area contributed by atoms with E-state index in [9.17, 15) is 4.79 Å². The van der Waals surface area contributed by atoms with Gasteiger partial charge in [0.05, 0.1) is 18.1 Å². The maximum atomic E-state index is 11.8. The maximum Gasteiger partial charge on any atom is 0.271 e. The molecule has 0 unspecified atom stereocenters. The van der Waals surface area contributed by atoms with Crippen LogP contribution in [0.15, 0.2) is 41.1 Å². The SMILES string of the molecule is O=C(NC1CC1)c1cnc(Nc2ccccc2Br)cn1. The summed E-state index contributed by atoms with van der Waals surface area (Å²) in [6.07, 6.45) is 5.15. The van der Waals surface area contributed by atoms with Gasteiger partial charge in [0.25, 0.3) is 5.91 Å². The lowest BCUT2D eigenvalue weighted by Gasteiger charge is -2.07. The molecule has 0 spiro atoms. The fourth-order valence-corrected chi connectivity index (χ4v) is 2.08. The number of carbonyl (C=O) groups excluding carboxylic acids is 1. The average Bonchev–Trinajstić information content (AvgIpc) is 3.26. The Morgan fingerprint density at radius 2 is 2.00 bits per heavy atom. The van der Waals surface area contributed by atoms with Crippen molar-refractivity contribution in [2.45, 2.75) is 18.9 Å². The third-order valence-corrected chi connectivity index (χ3v) is 3.63. The van der Waals surface area contributed by atoms with Gasteiger partial charge >= 0.3 is 0 Å². The average molecular weight is 333 g/mol. The summed E-state index contributed by atoms with van der Waals surface area (Å²) < 4.78 is 0.942. The van der Waals surface area contributed by atoms with Gasteiger partial charge in [0, 0.05) is 10.5 Å². The fourth-order valence-electron chi connectivity index (χ4n) is 1.70. The lowest BCUT2D eigenvalue weighted by atomic mass is 10.3. The van der Waals surface area contributed by atoms with Crippen molar-refractivity contribution in [2.75, 3.05) is 5.32 Å². The van der Waals surface area contributed by atoms with E-state index in [-0.39, 0.29) is 5.91 Å². The summed E-state index contributed by atoms with van der Waals surface area (Å²) >= 11 is 3.45. The van der Waals surface area contributed by atoms with Crippen molar-refractivity contribution < 1.29 is 4.79 Å². The molecule has 5 nitrogen and oxygen atoms in total. The highest BCUT2D eigenvalue weighted by atomic mass is 79.9. The molecule has 3 rings (SSSR count). The number of aromatic nitrogens is 2. The molecule has 1 aliphatic carbocycles. The van der Waals surface area contributed by atoms with E-state index in [1.54, 1.807) is 6.20 Å². The van der Waals surface area contributed by atoms with Gasteiger partial charge in [-0.25, -0.2) is 9.97 Å². The van der Waals surface area contributed by atoms with Crippen LogP contribution in [0.1, 0.15) is 23.3 Å². The van der Waals surface area contributed by atoms with Gasteiger partial charge in [0.2, 0.25) is 0 Å². The summed E-state index contributed by atoms with van der Waals surface area (Å²) in [5.41, 5.74) is 1.24. The Morgan fingerprint density at radius 1 is 1.20 bits per heavy atom. The summed E-state index contributed by atoms with van der Waals surface area (Å²) in [5, 5.41) is 6.02. The molecular formula is C14H13BrN4O. The van der Waals surface area contributed by atoms with E-state index in [1.807, 2.05) is 24.3 Å². The van der Waals surface area contributed by atoms with E-state index in [2.05, 4.69) is 36.5 Å². The monoisotopic (exact) mass is 332 g/mol. The number of benzene rings is 1. The third kappa shape index (κ3) is 3.14. The van der Waals surface area contributed by atoms with E-state index >= 15 is 0 Å². The van der Waals surface area contributed by atoms with E-state index in [4.69, 9.17) is 0 Å². The normalized spacial score (nSPS) is 13.8. The number of nitrogens with zero attached hydrogens (tertiary/aromatic N) is 2. The molecule has 1 aromatic carbocycles. The van der Waals surface area contributed by atoms with Crippen molar-refractivity contribution in [3.63, 3.8) is 0 Å². The molecule has 1 aromatic heterocycles. The van der Waals surface area contributed by atoms with Crippen LogP contribution in [0.25, 0.3) is 0 Å². The molecule has 0 aliphatic heterocycles. The zero-order valence-electron chi connectivity index (χ0n) is 10.6. The van der Waals surface area contributed by atoms with Crippen LogP contribution in [-0.4, -0.2) is 21.9 Å². The molecule has 6 heteroatoms. The molecule has 102 valence electrons. The molecule has 1 saturated carbocycles. The first-order valence-corrected chi connectivity index (χ1v) is 7.16. The first-order chi connectivity index (χ1) is 9.72. The number of carbonyl (C=O) groups is 1. The van der Waals surface area contributed by atoms with Crippen LogP contribution < -0.4 is 10.6 Å². The smallest absolute Gasteiger partial charge is 0.271 e. The molecule has 2 N–H and O–H groups in total. The molecule has 0 saturated heterocycles. The first kappa shape index (κ1) is 13.1. The molecule has 1 aliphatic rings. The van der Waals surface area contributed by atoms with Gasteiger partial charge in [0.1, 0.15) is 11.5 Å². The number of amides is 1. The first-order valence-electron chi connectivity index (χ1n) is 6.37. The van der Waals surface area contributed by atoms with E-state index in [0.29, 0.717) is 17.6 Å². The predicted molar refractivity (Wildman–Crippen MR) is 79.9 cm³/mol. The van der Waals surface area contributed by atoms with Gasteiger partial charge in [-0.2, -0.15) is 0 Å². The third-order valence-electron chi connectivity index (χ3n) is 2.93. The highest BCUT2D eigenvalue weighted by molar-refractivity contribution is 9.10. The van der Waals surface area contributed by atoms with Crippen LogP contribution in [0.2, 0.25) is 0 Å². The second-order valence-electron chi connectivity index (χ2n) is 4.64. The minimum atomic E-state index is -0.160. The standard InChI is InChI=1S/C14H13BrN4O/c15-10-3-1-2-4-11(10)19-13-8-16-12(7-17-13)14(20)18-9-5-6-9/h1-4,7-9H,5-6H2,(H,17,19)(H,18,20). The zero-order chi connectivity index (χ0) is 13.9. The number of anilines is 2. The second kappa shape index (κ2) is 5.58. The lowest BCUT2D eigenvalue weighted by molar-refractivity contribution is 0.0945. The highest BCUT2D eigenvalue weighted by Gasteiger charge is 2.24. The van der Waals surface area contributed by atoms with Crippen LogP contribution in [0.4, 0.5) is 11.5 Å². The van der Waals surface area contributed by atoms with Crippen molar-refractivity contribution in [2.24, 2.45) is 0 Å². The van der Waals surface area contributed by atoms with Crippen molar-refractivity contribution in [1.82, 2.24) is 15.3 Å². The molecule has 1 heterocycles. The Bertz CT molecular complexity index is 625. The number of hydrogen-bond acceptors (Lipinski definition) is 4. The molecule has 20 heavy (non-hydrogen) atoms. The van der Waals surface area contributed by atoms with Crippen molar-refractivity contribution in [3.8, 4) is 0 Å². The molecule has 0 radical (unpaired) electrons. The number of rotatable bonds is 4. The summed E-state index contributed by atoms with van der Waals surface area (Å²) in [7, 11) is 0. The largest absolute Gasteiger partial charge is 0.348 e. The predicted octanol–water partition coefficient (Wildman–Crippen LogP) is 2.87. The zero-order valence-corrected chi connectivity index (χ0v) is 12.2. The molecule has 0 atom stereocenters. The molecular weight excluding hydrogens is 320 g/mol. The van der Waals surface area contributed by atoms with Crippen LogP contribution in [0, 0.1) is 0 Å². The Morgan fingerprint density at radius 3 is 2.65 bits per heavy atom.